The van der Waals surface area contributed by atoms with E-state index in [-0.39, 0.29) is 18.2 Å². The van der Waals surface area contributed by atoms with Crippen LogP contribution in [0.15, 0.2) is 24.3 Å². The molecule has 0 unspecified atom stereocenters. The van der Waals surface area contributed by atoms with Gasteiger partial charge in [-0.3, -0.25) is 9.69 Å². The molecule has 1 aromatic heterocycles. The highest BCUT2D eigenvalue weighted by Gasteiger charge is 2.28. The van der Waals surface area contributed by atoms with E-state index in [0.29, 0.717) is 23.0 Å². The molecule has 0 saturated heterocycles. The number of halogens is 3. The fourth-order valence-electron chi connectivity index (χ4n) is 2.32. The first-order valence-corrected chi connectivity index (χ1v) is 7.07. The van der Waals surface area contributed by atoms with E-state index >= 15 is 0 Å². The summed E-state index contributed by atoms with van der Waals surface area (Å²) in [4.78, 5) is 14.1. The molecule has 2 aromatic rings. The average Bonchev–Trinajstić information content (AvgIpc) is 2.87. The molecule has 3 rings (SSSR count). The Labute approximate surface area is 135 Å². The largest absolute Gasteiger partial charge is 0.488 e. The highest BCUT2D eigenvalue weighted by molar-refractivity contribution is 6.32. The number of nitrogens with zero attached hydrogens (tertiary/aromatic N) is 3. The number of rotatable bonds is 3. The van der Waals surface area contributed by atoms with Crippen molar-refractivity contribution in [3.63, 3.8) is 0 Å². The second-order valence-electron chi connectivity index (χ2n) is 4.76. The molecule has 2 heterocycles. The minimum absolute atomic E-state index is 0.00373. The van der Waals surface area contributed by atoms with E-state index < -0.39 is 12.5 Å². The third-order valence-corrected chi connectivity index (χ3v) is 3.61. The van der Waals surface area contributed by atoms with Crippen LogP contribution in [0.4, 0.5) is 14.5 Å². The summed E-state index contributed by atoms with van der Waals surface area (Å²) in [7, 11) is 1.42. The number of amides is 1. The summed E-state index contributed by atoms with van der Waals surface area (Å²) in [5.41, 5.74) is 0.506. The zero-order valence-electron chi connectivity index (χ0n) is 12.0. The van der Waals surface area contributed by atoms with E-state index in [1.54, 1.807) is 18.2 Å². The van der Waals surface area contributed by atoms with Crippen molar-refractivity contribution in [2.75, 3.05) is 18.1 Å². The highest BCUT2D eigenvalue weighted by atomic mass is 35.5. The van der Waals surface area contributed by atoms with Crippen LogP contribution >= 0.6 is 11.6 Å². The minimum atomic E-state index is -2.99. The van der Waals surface area contributed by atoms with Crippen LogP contribution in [-0.4, -0.2) is 35.5 Å². The zero-order chi connectivity index (χ0) is 16.6. The van der Waals surface area contributed by atoms with E-state index in [1.807, 2.05) is 0 Å². The SMILES string of the molecule is Cn1nc(C(=O)N2CCOc3c(Cl)cccc32)cc1OC(F)F. The number of aromatic nitrogens is 2. The number of alkyl halides is 2. The maximum absolute atomic E-state index is 12.6. The molecule has 1 aromatic carbocycles. The third-order valence-electron chi connectivity index (χ3n) is 3.31. The average molecular weight is 344 g/mol. The van der Waals surface area contributed by atoms with E-state index in [2.05, 4.69) is 9.84 Å². The number of hydrogen-bond donors (Lipinski definition) is 0. The summed E-state index contributed by atoms with van der Waals surface area (Å²) in [6.45, 7) is -2.42. The van der Waals surface area contributed by atoms with Gasteiger partial charge in [0.2, 0.25) is 5.88 Å². The Morgan fingerprint density at radius 1 is 1.48 bits per heavy atom. The summed E-state index contributed by atoms with van der Waals surface area (Å²) in [5.74, 6) is -0.229. The van der Waals surface area contributed by atoms with Gasteiger partial charge in [0, 0.05) is 13.1 Å². The Kier molecular flexibility index (Phi) is 4.08. The van der Waals surface area contributed by atoms with Crippen LogP contribution in [0.2, 0.25) is 5.02 Å². The van der Waals surface area contributed by atoms with Crippen molar-refractivity contribution >= 4 is 23.2 Å². The first-order chi connectivity index (χ1) is 11.0. The lowest BCUT2D eigenvalue weighted by Crippen LogP contribution is -2.38. The molecule has 23 heavy (non-hydrogen) atoms. The fraction of sp³-hybridized carbons (Fsp3) is 0.286. The molecule has 122 valence electrons. The molecule has 0 aliphatic carbocycles. The molecular formula is C14H12ClF2N3O3. The van der Waals surface area contributed by atoms with Gasteiger partial charge >= 0.3 is 6.61 Å². The molecule has 9 heteroatoms. The number of aryl methyl sites for hydroxylation is 1. The summed E-state index contributed by atoms with van der Waals surface area (Å²) < 4.78 is 35.5. The molecule has 1 aliphatic heterocycles. The van der Waals surface area contributed by atoms with Gasteiger partial charge in [-0.25, -0.2) is 4.68 Å². The molecular weight excluding hydrogens is 332 g/mol. The first kappa shape index (κ1) is 15.5. The molecule has 0 atom stereocenters. The van der Waals surface area contributed by atoms with Crippen molar-refractivity contribution in [2.45, 2.75) is 6.61 Å². The van der Waals surface area contributed by atoms with Gasteiger partial charge in [-0.2, -0.15) is 13.9 Å². The molecule has 1 amide bonds. The number of hydrogen-bond acceptors (Lipinski definition) is 4. The predicted molar refractivity (Wildman–Crippen MR) is 78.5 cm³/mol. The van der Waals surface area contributed by atoms with Crippen LogP contribution in [0.25, 0.3) is 0 Å². The van der Waals surface area contributed by atoms with Crippen molar-refractivity contribution in [3.05, 3.63) is 35.0 Å². The number of ether oxygens (including phenoxy) is 2. The maximum atomic E-state index is 12.6. The standard InChI is InChI=1S/C14H12ClF2N3O3/c1-19-11(23-14(16)17)7-9(18-19)13(21)20-5-6-22-12-8(15)3-2-4-10(12)20/h2-4,7,14H,5-6H2,1H3. The van der Waals surface area contributed by atoms with Crippen LogP contribution in [0.1, 0.15) is 10.5 Å². The Bertz CT molecular complexity index is 751. The summed E-state index contributed by atoms with van der Waals surface area (Å²) in [6, 6.07) is 6.22. The second-order valence-corrected chi connectivity index (χ2v) is 5.17. The van der Waals surface area contributed by atoms with Crippen LogP contribution in [0.3, 0.4) is 0 Å². The second kappa shape index (κ2) is 6.04. The lowest BCUT2D eigenvalue weighted by molar-refractivity contribution is -0.0553. The maximum Gasteiger partial charge on any atom is 0.388 e. The Morgan fingerprint density at radius 2 is 2.26 bits per heavy atom. The predicted octanol–water partition coefficient (Wildman–Crippen LogP) is 2.71. The minimum Gasteiger partial charge on any atom is -0.488 e. The van der Waals surface area contributed by atoms with Gasteiger partial charge in [-0.1, -0.05) is 17.7 Å². The Morgan fingerprint density at radius 3 is 3.00 bits per heavy atom. The topological polar surface area (TPSA) is 56.6 Å². The smallest absolute Gasteiger partial charge is 0.388 e. The van der Waals surface area contributed by atoms with E-state index in [1.165, 1.54) is 18.0 Å². The van der Waals surface area contributed by atoms with Crippen LogP contribution < -0.4 is 14.4 Å². The molecule has 0 radical (unpaired) electrons. The lowest BCUT2D eigenvalue weighted by Gasteiger charge is -2.29. The monoisotopic (exact) mass is 343 g/mol. The van der Waals surface area contributed by atoms with Gasteiger partial charge < -0.3 is 9.47 Å². The number of fused-ring (bicyclic) bond motifs is 1. The highest BCUT2D eigenvalue weighted by Crippen LogP contribution is 2.38. The molecule has 0 spiro atoms. The summed E-state index contributed by atoms with van der Waals surface area (Å²) >= 11 is 6.06. The van der Waals surface area contributed by atoms with Crippen LogP contribution in [0.5, 0.6) is 11.6 Å². The van der Waals surface area contributed by atoms with Crippen molar-refractivity contribution < 1.29 is 23.0 Å². The summed E-state index contributed by atoms with van der Waals surface area (Å²) in [6.07, 6.45) is 0. The zero-order valence-corrected chi connectivity index (χ0v) is 12.8. The number of carbonyl (C=O) groups is 1. The quantitative estimate of drug-likeness (QED) is 0.860. The molecule has 0 saturated carbocycles. The van der Waals surface area contributed by atoms with Gasteiger partial charge in [0.05, 0.1) is 17.3 Å². The lowest BCUT2D eigenvalue weighted by atomic mass is 10.2. The molecule has 0 bridgehead atoms. The van der Waals surface area contributed by atoms with E-state index in [9.17, 15) is 13.6 Å². The van der Waals surface area contributed by atoms with Crippen LogP contribution in [-0.2, 0) is 7.05 Å². The van der Waals surface area contributed by atoms with Gasteiger partial charge in [0.1, 0.15) is 6.61 Å². The van der Waals surface area contributed by atoms with Gasteiger partial charge in [0.25, 0.3) is 5.91 Å². The van der Waals surface area contributed by atoms with Crippen LogP contribution in [0, 0.1) is 0 Å². The number of anilines is 1. The number of para-hydroxylation sites is 1. The number of carbonyl (C=O) groups excluding carboxylic acids is 1. The Hall–Kier alpha value is -2.35. The fourth-order valence-corrected chi connectivity index (χ4v) is 2.54. The Balaban J connectivity index is 1.92. The van der Waals surface area contributed by atoms with Gasteiger partial charge in [-0.05, 0) is 12.1 Å². The summed E-state index contributed by atoms with van der Waals surface area (Å²) in [5, 5.41) is 4.32. The first-order valence-electron chi connectivity index (χ1n) is 6.69. The van der Waals surface area contributed by atoms with Gasteiger partial charge in [0.15, 0.2) is 11.4 Å². The third kappa shape index (κ3) is 2.94. The van der Waals surface area contributed by atoms with E-state index in [0.717, 1.165) is 4.68 Å². The molecule has 6 nitrogen and oxygen atoms in total. The van der Waals surface area contributed by atoms with Crippen molar-refractivity contribution in [1.82, 2.24) is 9.78 Å². The van der Waals surface area contributed by atoms with Gasteiger partial charge in [-0.15, -0.1) is 0 Å². The van der Waals surface area contributed by atoms with E-state index in [4.69, 9.17) is 16.3 Å². The van der Waals surface area contributed by atoms with Crippen molar-refractivity contribution in [2.24, 2.45) is 7.05 Å². The molecule has 0 fully saturated rings. The normalized spacial score (nSPS) is 13.7. The molecule has 0 N–H and O–H groups in total. The van der Waals surface area contributed by atoms with Crippen molar-refractivity contribution in [3.8, 4) is 11.6 Å². The molecule has 1 aliphatic rings. The number of benzene rings is 1. The van der Waals surface area contributed by atoms with Crippen molar-refractivity contribution in [1.29, 1.82) is 0 Å².